The van der Waals surface area contributed by atoms with Crippen LogP contribution in [0.15, 0.2) is 58.4 Å². The maximum atomic E-state index is 16.1. The lowest BCUT2D eigenvalue weighted by Gasteiger charge is -2.27. The van der Waals surface area contributed by atoms with E-state index in [1.807, 2.05) is 0 Å². The number of esters is 4. The second kappa shape index (κ2) is 43.9. The second-order valence-corrected chi connectivity index (χ2v) is 32.2. The lowest BCUT2D eigenvalue weighted by Crippen LogP contribution is -2.44. The highest BCUT2D eigenvalue weighted by molar-refractivity contribution is 7.49. The first-order valence-corrected chi connectivity index (χ1v) is 39.6. The number of alkyl halides is 4. The Morgan fingerprint density at radius 3 is 1.39 bits per heavy atom. The Morgan fingerprint density at radius 2 is 0.971 bits per heavy atom. The van der Waals surface area contributed by atoms with Crippen LogP contribution in [0, 0.1) is 17.8 Å². The van der Waals surface area contributed by atoms with Crippen LogP contribution in [0.4, 0.5) is 23.4 Å². The van der Waals surface area contributed by atoms with E-state index in [2.05, 4.69) is 23.8 Å². The number of benzene rings is 1. The molecule has 0 bridgehead atoms. The van der Waals surface area contributed by atoms with Crippen LogP contribution in [0.25, 0.3) is 0 Å². The van der Waals surface area contributed by atoms with Crippen molar-refractivity contribution in [2.75, 3.05) is 32.5 Å². The molecule has 0 radical (unpaired) electrons. The summed E-state index contributed by atoms with van der Waals surface area (Å²) in [5.41, 5.74) is 3.45. The van der Waals surface area contributed by atoms with Crippen LogP contribution < -0.4 is 21.6 Å². The van der Waals surface area contributed by atoms with Gasteiger partial charge in [0, 0.05) is 36.5 Å². The van der Waals surface area contributed by atoms with Gasteiger partial charge in [0.05, 0.1) is 32.7 Å². The van der Waals surface area contributed by atoms with Crippen LogP contribution in [0.5, 0.6) is 5.75 Å². The molecule has 0 spiro atoms. The number of hydrogen-bond donors (Lipinski definition) is 1. The zero-order valence-corrected chi connectivity index (χ0v) is 63.6. The molecule has 5 heterocycles. The van der Waals surface area contributed by atoms with Gasteiger partial charge in [-0.1, -0.05) is 228 Å². The van der Waals surface area contributed by atoms with Gasteiger partial charge >= 0.3 is 62.7 Å². The van der Waals surface area contributed by atoms with Gasteiger partial charge < -0.3 is 38.7 Å². The first-order chi connectivity index (χ1) is 48.8. The van der Waals surface area contributed by atoms with Crippen LogP contribution in [-0.2, 0) is 86.0 Å². The third-order valence-corrected chi connectivity index (χ3v) is 19.7. The van der Waals surface area contributed by atoms with Crippen LogP contribution >= 0.6 is 15.6 Å². The molecule has 3 aliphatic rings. The number of nitrogen functional groups attached to an aromatic ring is 1. The molecule has 0 aliphatic carbocycles. The molecule has 1 aromatic carbocycles. The van der Waals surface area contributed by atoms with Crippen molar-refractivity contribution < 1.29 is 101 Å². The lowest BCUT2D eigenvalue weighted by atomic mass is 9.92. The molecule has 6 rings (SSSR count). The number of aryl methyl sites for hydroxylation is 1. The molecule has 3 aromatic rings. The number of nitrogens with two attached hydrogens (primary N) is 1. The van der Waals surface area contributed by atoms with Gasteiger partial charge in [-0.25, -0.2) is 27.8 Å². The first kappa shape index (κ1) is 88.0. The number of nitrogens with zero attached hydrogens (tertiary/aromatic N) is 4. The second-order valence-electron chi connectivity index (χ2n) is 29.0. The van der Waals surface area contributed by atoms with Crippen molar-refractivity contribution in [1.82, 2.24) is 19.1 Å². The summed E-state index contributed by atoms with van der Waals surface area (Å²) >= 11 is 0. The quantitative estimate of drug-likeness (QED) is 0.0137. The Morgan fingerprint density at radius 1 is 0.573 bits per heavy atom. The van der Waals surface area contributed by atoms with E-state index in [4.69, 9.17) is 61.3 Å². The van der Waals surface area contributed by atoms with Crippen molar-refractivity contribution in [2.45, 2.75) is 310 Å². The molecule has 3 aliphatic heterocycles. The molecule has 7 atom stereocenters. The fraction of sp³-hybridized carbons (Fsp3) is 0.750. The molecular formula is C72H113F4N5O20P2. The minimum atomic E-state index is -4.84. The Balaban J connectivity index is 0.000000372. The topological polar surface area (TPSA) is 309 Å². The molecule has 2 N–H and O–H groups in total. The van der Waals surface area contributed by atoms with E-state index in [-0.39, 0.29) is 49.6 Å². The Bertz CT molecular complexity index is 3260. The fourth-order valence-corrected chi connectivity index (χ4v) is 13.7. The average Bonchev–Trinajstić information content (AvgIpc) is 1.62. The van der Waals surface area contributed by atoms with E-state index in [1.165, 1.54) is 115 Å². The van der Waals surface area contributed by atoms with E-state index >= 15 is 17.6 Å². The number of hydrogen-bond acceptors (Lipinski definition) is 23. The molecule has 0 amide bonds. The maximum Gasteiger partial charge on any atom is 0.530 e. The predicted octanol–water partition coefficient (Wildman–Crippen LogP) is 17.0. The molecule has 2 saturated heterocycles. The van der Waals surface area contributed by atoms with Gasteiger partial charge in [-0.3, -0.25) is 41.9 Å². The lowest BCUT2D eigenvalue weighted by molar-refractivity contribution is -0.177. The van der Waals surface area contributed by atoms with Gasteiger partial charge in [-0.05, 0) is 48.8 Å². The van der Waals surface area contributed by atoms with E-state index in [9.17, 15) is 37.9 Å². The van der Waals surface area contributed by atoms with E-state index in [1.54, 1.807) is 65.8 Å². The fourth-order valence-electron chi connectivity index (χ4n) is 11.5. The average molecular weight is 1510 g/mol. The number of ether oxygens (including phenoxy) is 6. The number of phosphoric acid groups is 2. The van der Waals surface area contributed by atoms with Crippen molar-refractivity contribution in [3.63, 3.8) is 0 Å². The summed E-state index contributed by atoms with van der Waals surface area (Å²) in [5.74, 6) is -10.9. The Kier molecular flexibility index (Phi) is 37.5. The number of unbranched alkanes of at least 4 members (excludes halogenated alkanes) is 24. The molecule has 103 heavy (non-hydrogen) atoms. The number of carbonyl (C=O) groups is 4. The highest BCUT2D eigenvalue weighted by Gasteiger charge is 2.64. The minimum absolute atomic E-state index is 0.0153. The zero-order chi connectivity index (χ0) is 75.7. The summed E-state index contributed by atoms with van der Waals surface area (Å²) in [6, 6.07) is 9.22. The third-order valence-electron chi connectivity index (χ3n) is 17.1. The van der Waals surface area contributed by atoms with Crippen molar-refractivity contribution >= 4 is 45.3 Å². The van der Waals surface area contributed by atoms with Crippen molar-refractivity contribution in [3.8, 4) is 5.75 Å². The number of fused-ring (bicyclic) bond motifs is 1. The summed E-state index contributed by atoms with van der Waals surface area (Å²) in [5, 5.41) is 0. The zero-order valence-electron chi connectivity index (χ0n) is 61.8. The number of anilines is 1. The van der Waals surface area contributed by atoms with Crippen LogP contribution in [-0.4, -0.2) is 106 Å². The first-order valence-electron chi connectivity index (χ1n) is 36.7. The Labute approximate surface area is 603 Å². The number of aromatic nitrogens is 4. The van der Waals surface area contributed by atoms with Crippen LogP contribution in [0.1, 0.15) is 272 Å². The molecule has 1 unspecified atom stereocenters. The summed E-state index contributed by atoms with van der Waals surface area (Å²) in [4.78, 5) is 82.4. The number of phosphoric ester groups is 2. The van der Waals surface area contributed by atoms with Crippen molar-refractivity contribution in [1.29, 1.82) is 0 Å². The maximum absolute atomic E-state index is 16.1. The highest BCUT2D eigenvalue weighted by Crippen LogP contribution is 2.56. The smallest absolute Gasteiger partial charge is 0.453 e. The molecule has 584 valence electrons. The highest BCUT2D eigenvalue weighted by atomic mass is 31.2. The molecular weight excluding hydrogens is 1390 g/mol. The van der Waals surface area contributed by atoms with Gasteiger partial charge in [0.15, 0.2) is 12.2 Å². The monoisotopic (exact) mass is 1510 g/mol. The molecule has 25 nitrogen and oxygen atoms in total. The van der Waals surface area contributed by atoms with Gasteiger partial charge in [-0.15, -0.1) is 0 Å². The molecule has 2 aromatic heterocycles. The Hall–Kier alpha value is -5.64. The van der Waals surface area contributed by atoms with Gasteiger partial charge in [-0.2, -0.15) is 27.5 Å². The van der Waals surface area contributed by atoms with Crippen molar-refractivity contribution in [3.05, 3.63) is 81.0 Å². The largest absolute Gasteiger partial charge is 0.530 e. The van der Waals surface area contributed by atoms with E-state index in [0.717, 1.165) is 63.8 Å². The SMILES string of the molecule is CCCCCCCCCCCCC(=O)O[C@@H]1[C@@H](COP(=O)(OCOC(=O)CC(C)(C)C)OCOC(=O)CC(C)(C)C)O[C@@H](n2ccc(C)nc2=O)C1(F)F.CCCCCCCCCCCCCCCCCCC(=O)O[C@@H]1[C@@H](COP2(=O)OCc3ccccc3O2)O[C@@H](n2ccc(N)nc2=O)C1(F)F. The van der Waals surface area contributed by atoms with Crippen LogP contribution in [0.3, 0.4) is 0 Å². The minimum Gasteiger partial charge on any atom is -0.453 e. The molecule has 2 fully saturated rings. The summed E-state index contributed by atoms with van der Waals surface area (Å²) in [6.07, 6.45) is 18.4. The summed E-state index contributed by atoms with van der Waals surface area (Å²) in [7, 11) is -9.06. The van der Waals surface area contributed by atoms with Crippen LogP contribution in [0.2, 0.25) is 0 Å². The number of carbonyl (C=O) groups excluding carboxylic acids is 4. The van der Waals surface area contributed by atoms with Gasteiger partial charge in [0.2, 0.25) is 26.0 Å². The van der Waals surface area contributed by atoms with E-state index < -0.39 is 137 Å². The number of rotatable bonds is 46. The number of para-hydroxylation sites is 1. The standard InChI is InChI=1S/C37H61F2N2O12P.C35H52F2N3O8P/c1-9-10-11-12-13-14-15-16-17-18-19-29(42)53-32-28(52-33(37(32,38)39)41-21-20-27(2)40-34(41)45)24-49-54(46,50-25-47-30(43)22-35(3,4)5)51-26-48-31(44)23-36(6,7)8;1-2-3-4-5-6-7-8-9-10-11-12-13-14-15-16-17-22-31(41)47-32-29(26-45-49(43)44-25-27-20-18-19-21-28(27)48-49)46-33(35(32,36)37)40-24-23-30(38)39-34(40)42/h20-21,28,32-33H,9-19,22-26H2,1-8H3;18-21,23-24,29,32-33H,2-17,22,25-26H2,1H3,(H2,38,39,42)/t28-,32-,33-;29-,32-,33-,49?/m11/s1. The molecule has 0 saturated carbocycles. The van der Waals surface area contributed by atoms with Gasteiger partial charge in [0.25, 0.3) is 0 Å². The van der Waals surface area contributed by atoms with E-state index in [0.29, 0.717) is 34.0 Å². The summed E-state index contributed by atoms with van der Waals surface area (Å²) in [6.45, 7) is 13.1. The van der Waals surface area contributed by atoms with Gasteiger partial charge in [0.1, 0.15) is 23.8 Å². The molecule has 31 heteroatoms. The summed E-state index contributed by atoms with van der Waals surface area (Å²) < 4.78 is 155. The number of halogens is 4. The third kappa shape index (κ3) is 31.8. The van der Waals surface area contributed by atoms with Crippen molar-refractivity contribution in [2.24, 2.45) is 10.8 Å². The normalized spacial score (nSPS) is 20.7. The predicted molar refractivity (Wildman–Crippen MR) is 375 cm³/mol.